The Balaban J connectivity index is 1.92. The molecule has 9 heteroatoms. The van der Waals surface area contributed by atoms with Gasteiger partial charge in [0.15, 0.2) is 0 Å². The van der Waals surface area contributed by atoms with Crippen LogP contribution in [0.1, 0.15) is 38.3 Å². The summed E-state index contributed by atoms with van der Waals surface area (Å²) in [5, 5.41) is 11.9. The molecule has 1 aliphatic carbocycles. The summed E-state index contributed by atoms with van der Waals surface area (Å²) in [5.41, 5.74) is 0.608. The molecule has 1 fully saturated rings. The molecule has 2 atom stereocenters. The van der Waals surface area contributed by atoms with Crippen molar-refractivity contribution in [2.24, 2.45) is 0 Å². The molecule has 0 heterocycles. The number of carbonyl (C=O) groups is 2. The summed E-state index contributed by atoms with van der Waals surface area (Å²) in [6.07, 6.45) is -3.03. The van der Waals surface area contributed by atoms with Gasteiger partial charge in [-0.05, 0) is 44.4 Å². The molecule has 1 aromatic carbocycles. The fourth-order valence-electron chi connectivity index (χ4n) is 2.62. The van der Waals surface area contributed by atoms with Crippen molar-refractivity contribution in [3.05, 3.63) is 29.8 Å². The van der Waals surface area contributed by atoms with Crippen molar-refractivity contribution in [2.75, 3.05) is 6.54 Å². The Morgan fingerprint density at radius 3 is 2.31 bits per heavy atom. The number of hydrogen-bond donors (Lipinski definition) is 2. The molecule has 0 aromatic heterocycles. The molecule has 6 nitrogen and oxygen atoms in total. The van der Waals surface area contributed by atoms with Crippen molar-refractivity contribution in [2.45, 2.75) is 51.2 Å². The number of nitrogens with zero attached hydrogens (tertiary/aromatic N) is 1. The minimum atomic E-state index is -4.76. The van der Waals surface area contributed by atoms with E-state index in [9.17, 15) is 22.8 Å². The number of halogens is 3. The van der Waals surface area contributed by atoms with E-state index < -0.39 is 24.4 Å². The second kappa shape index (κ2) is 7.94. The molecule has 0 aliphatic heterocycles. The Morgan fingerprint density at radius 2 is 1.85 bits per heavy atom. The summed E-state index contributed by atoms with van der Waals surface area (Å²) in [6.45, 7) is 3.19. The Labute approximate surface area is 148 Å². The van der Waals surface area contributed by atoms with E-state index in [2.05, 4.69) is 10.1 Å². The lowest BCUT2D eigenvalue weighted by Gasteiger charge is -2.26. The van der Waals surface area contributed by atoms with Gasteiger partial charge in [-0.25, -0.2) is 0 Å². The first-order valence-corrected chi connectivity index (χ1v) is 8.20. The quantitative estimate of drug-likeness (QED) is 0.732. The van der Waals surface area contributed by atoms with Crippen LogP contribution in [0.2, 0.25) is 0 Å². The Bertz CT molecular complexity index is 644. The number of aliphatic carboxylic acids is 1. The van der Waals surface area contributed by atoms with Gasteiger partial charge in [0.1, 0.15) is 11.8 Å². The van der Waals surface area contributed by atoms with Crippen LogP contribution in [0.5, 0.6) is 5.75 Å². The normalized spacial score (nSPS) is 16.8. The van der Waals surface area contributed by atoms with Gasteiger partial charge < -0.3 is 15.2 Å². The topological polar surface area (TPSA) is 78.9 Å². The van der Waals surface area contributed by atoms with E-state index in [-0.39, 0.29) is 24.2 Å². The predicted molar refractivity (Wildman–Crippen MR) is 86.5 cm³/mol. The number of alkyl halides is 3. The average Bonchev–Trinajstić information content (AvgIpc) is 3.35. The van der Waals surface area contributed by atoms with Gasteiger partial charge in [0.2, 0.25) is 5.91 Å². The van der Waals surface area contributed by atoms with Crippen molar-refractivity contribution < 1.29 is 32.6 Å². The van der Waals surface area contributed by atoms with Crippen molar-refractivity contribution >= 4 is 11.9 Å². The van der Waals surface area contributed by atoms with Crippen LogP contribution in [0.4, 0.5) is 13.2 Å². The Morgan fingerprint density at radius 1 is 1.27 bits per heavy atom. The number of carboxylic acid groups (broad SMARTS) is 1. The third-order valence-electron chi connectivity index (χ3n) is 4.19. The number of rotatable bonds is 8. The maximum Gasteiger partial charge on any atom is 0.573 e. The highest BCUT2D eigenvalue weighted by Gasteiger charge is 2.36. The summed E-state index contributed by atoms with van der Waals surface area (Å²) in [6, 6.07) is 4.12. The number of ether oxygens (including phenoxy) is 1. The zero-order valence-electron chi connectivity index (χ0n) is 14.4. The smallest absolute Gasteiger partial charge is 0.480 e. The van der Waals surface area contributed by atoms with E-state index in [1.54, 1.807) is 11.8 Å². The molecule has 2 N–H and O–H groups in total. The van der Waals surface area contributed by atoms with Gasteiger partial charge in [-0.1, -0.05) is 12.1 Å². The summed E-state index contributed by atoms with van der Waals surface area (Å²) >= 11 is 0. The SMILES string of the molecule is CC(NC(=O)CN(C1CC1)C(C)C(=O)O)c1ccc(OC(F)(F)F)cc1. The fraction of sp³-hybridized carbons (Fsp3) is 0.529. The highest BCUT2D eigenvalue weighted by molar-refractivity contribution is 5.80. The number of carboxylic acids is 1. The zero-order valence-corrected chi connectivity index (χ0v) is 14.4. The monoisotopic (exact) mass is 374 g/mol. The van der Waals surface area contributed by atoms with Gasteiger partial charge in [0.25, 0.3) is 0 Å². The van der Waals surface area contributed by atoms with Crippen LogP contribution in [-0.2, 0) is 9.59 Å². The lowest BCUT2D eigenvalue weighted by molar-refractivity contribution is -0.274. The molecule has 2 rings (SSSR count). The highest BCUT2D eigenvalue weighted by Crippen LogP contribution is 2.28. The van der Waals surface area contributed by atoms with Crippen LogP contribution in [0.25, 0.3) is 0 Å². The Hall–Kier alpha value is -2.29. The number of carbonyl (C=O) groups excluding carboxylic acids is 1. The third kappa shape index (κ3) is 5.91. The maximum absolute atomic E-state index is 12.2. The van der Waals surface area contributed by atoms with Crippen LogP contribution < -0.4 is 10.1 Å². The summed E-state index contributed by atoms with van der Waals surface area (Å²) in [5.74, 6) is -1.67. The largest absolute Gasteiger partial charge is 0.573 e. The lowest BCUT2D eigenvalue weighted by atomic mass is 10.1. The molecule has 0 bridgehead atoms. The summed E-state index contributed by atoms with van der Waals surface area (Å²) in [7, 11) is 0. The summed E-state index contributed by atoms with van der Waals surface area (Å²) < 4.78 is 40.3. The second-order valence-corrected chi connectivity index (χ2v) is 6.32. The van der Waals surface area contributed by atoms with Gasteiger partial charge in [-0.15, -0.1) is 13.2 Å². The minimum Gasteiger partial charge on any atom is -0.480 e. The van der Waals surface area contributed by atoms with Gasteiger partial charge in [-0.2, -0.15) is 0 Å². The number of benzene rings is 1. The molecule has 0 spiro atoms. The minimum absolute atomic E-state index is 0.0439. The van der Waals surface area contributed by atoms with E-state index in [0.29, 0.717) is 5.56 Å². The first kappa shape index (κ1) is 20.0. The Kier molecular flexibility index (Phi) is 6.12. The molecule has 1 aliphatic rings. The maximum atomic E-state index is 12.2. The van der Waals surface area contributed by atoms with Gasteiger partial charge >= 0.3 is 12.3 Å². The molecule has 144 valence electrons. The average molecular weight is 374 g/mol. The zero-order chi connectivity index (χ0) is 19.5. The van der Waals surface area contributed by atoms with E-state index in [1.165, 1.54) is 31.2 Å². The molecule has 1 saturated carbocycles. The molecule has 2 unspecified atom stereocenters. The fourth-order valence-corrected chi connectivity index (χ4v) is 2.62. The van der Waals surface area contributed by atoms with Gasteiger partial charge in [0.05, 0.1) is 12.6 Å². The first-order chi connectivity index (χ1) is 12.1. The number of amides is 1. The molecule has 0 radical (unpaired) electrons. The standard InChI is InChI=1S/C17H21F3N2O4/c1-10(12-3-7-14(8-4-12)26-17(18,19)20)21-15(23)9-22(13-5-6-13)11(2)16(24)25/h3-4,7-8,10-11,13H,5-6,9H2,1-2H3,(H,21,23)(H,24,25). The first-order valence-electron chi connectivity index (χ1n) is 8.20. The van der Waals surface area contributed by atoms with Crippen molar-refractivity contribution in [3.63, 3.8) is 0 Å². The van der Waals surface area contributed by atoms with E-state index in [4.69, 9.17) is 5.11 Å². The van der Waals surface area contributed by atoms with Gasteiger partial charge in [0, 0.05) is 6.04 Å². The second-order valence-electron chi connectivity index (χ2n) is 6.32. The predicted octanol–water partition coefficient (Wildman–Crippen LogP) is 2.70. The van der Waals surface area contributed by atoms with E-state index >= 15 is 0 Å². The van der Waals surface area contributed by atoms with E-state index in [1.807, 2.05) is 0 Å². The van der Waals surface area contributed by atoms with Crippen molar-refractivity contribution in [3.8, 4) is 5.75 Å². The van der Waals surface area contributed by atoms with Crippen LogP contribution in [0.3, 0.4) is 0 Å². The van der Waals surface area contributed by atoms with Crippen LogP contribution in [-0.4, -0.2) is 46.9 Å². The van der Waals surface area contributed by atoms with Crippen molar-refractivity contribution in [1.29, 1.82) is 0 Å². The molecule has 0 saturated heterocycles. The van der Waals surface area contributed by atoms with Crippen LogP contribution >= 0.6 is 0 Å². The van der Waals surface area contributed by atoms with Crippen LogP contribution in [0.15, 0.2) is 24.3 Å². The third-order valence-corrected chi connectivity index (χ3v) is 4.19. The molecular weight excluding hydrogens is 353 g/mol. The molecule has 1 aromatic rings. The highest BCUT2D eigenvalue weighted by atomic mass is 19.4. The summed E-state index contributed by atoms with van der Waals surface area (Å²) in [4.78, 5) is 25.0. The number of nitrogens with one attached hydrogen (secondary N) is 1. The van der Waals surface area contributed by atoms with Crippen LogP contribution in [0, 0.1) is 0 Å². The molecule has 26 heavy (non-hydrogen) atoms. The molecular formula is C17H21F3N2O4. The number of hydrogen-bond acceptors (Lipinski definition) is 4. The van der Waals surface area contributed by atoms with E-state index in [0.717, 1.165) is 12.8 Å². The molecule has 1 amide bonds. The van der Waals surface area contributed by atoms with Gasteiger partial charge in [-0.3, -0.25) is 14.5 Å². The van der Waals surface area contributed by atoms with Crippen molar-refractivity contribution in [1.82, 2.24) is 10.2 Å². The lowest BCUT2D eigenvalue weighted by Crippen LogP contribution is -2.46.